The summed E-state index contributed by atoms with van der Waals surface area (Å²) in [6, 6.07) is 12.5. The molecule has 1 N–H and O–H groups in total. The van der Waals surface area contributed by atoms with Crippen molar-refractivity contribution in [2.24, 2.45) is 0 Å². The molecule has 0 spiro atoms. The first kappa shape index (κ1) is 19.4. The van der Waals surface area contributed by atoms with Crippen LogP contribution in [0.4, 0.5) is 0 Å². The third-order valence-corrected chi connectivity index (χ3v) is 4.97. The van der Waals surface area contributed by atoms with Gasteiger partial charge in [0.15, 0.2) is 11.5 Å². The van der Waals surface area contributed by atoms with E-state index in [2.05, 4.69) is 4.98 Å². The summed E-state index contributed by atoms with van der Waals surface area (Å²) in [4.78, 5) is 22.4. The number of benzene rings is 2. The lowest BCUT2D eigenvalue weighted by Gasteiger charge is -2.15. The van der Waals surface area contributed by atoms with Gasteiger partial charge in [0.1, 0.15) is 5.82 Å². The molecule has 4 rings (SSSR count). The Bertz CT molecular complexity index is 1320. The smallest absolute Gasteiger partial charge is 0.266 e. The van der Waals surface area contributed by atoms with Crippen molar-refractivity contribution < 1.29 is 9.84 Å². The molecule has 0 saturated heterocycles. The molecule has 0 atom stereocenters. The van der Waals surface area contributed by atoms with Crippen LogP contribution in [0.15, 0.2) is 59.7 Å². The van der Waals surface area contributed by atoms with Gasteiger partial charge in [-0.2, -0.15) is 0 Å². The fourth-order valence-electron chi connectivity index (χ4n) is 3.53. The number of phenolic OH excluding ortho intramolecular Hbond substituents is 1. The van der Waals surface area contributed by atoms with Gasteiger partial charge in [-0.1, -0.05) is 24.3 Å². The Morgan fingerprint density at radius 2 is 1.73 bits per heavy atom. The molecule has 0 aliphatic carbocycles. The molecular weight excluding hydrogens is 378 g/mol. The minimum absolute atomic E-state index is 0.0298. The normalized spacial score (nSPS) is 11.3. The van der Waals surface area contributed by atoms with Crippen LogP contribution in [0.25, 0.3) is 28.7 Å². The first-order chi connectivity index (χ1) is 14.5. The summed E-state index contributed by atoms with van der Waals surface area (Å²) in [6.07, 6.45) is 6.90. The maximum absolute atomic E-state index is 13.4. The van der Waals surface area contributed by atoms with Crippen molar-refractivity contribution in [1.29, 1.82) is 0 Å². The Balaban J connectivity index is 1.99. The summed E-state index contributed by atoms with van der Waals surface area (Å²) in [5.41, 5.74) is 3.50. The molecule has 150 valence electrons. The fourth-order valence-corrected chi connectivity index (χ4v) is 3.53. The number of hydrogen-bond acceptors (Lipinski definition) is 5. The van der Waals surface area contributed by atoms with E-state index in [4.69, 9.17) is 9.72 Å². The second-order valence-electron chi connectivity index (χ2n) is 6.98. The number of aryl methyl sites for hydroxylation is 2. The van der Waals surface area contributed by atoms with Gasteiger partial charge in [0.25, 0.3) is 5.56 Å². The van der Waals surface area contributed by atoms with Gasteiger partial charge in [-0.05, 0) is 55.3 Å². The zero-order valence-corrected chi connectivity index (χ0v) is 17.0. The summed E-state index contributed by atoms with van der Waals surface area (Å²) in [7, 11) is 1.50. The highest BCUT2D eigenvalue weighted by molar-refractivity contribution is 5.81. The van der Waals surface area contributed by atoms with Crippen molar-refractivity contribution in [3.8, 4) is 17.2 Å². The Kier molecular flexibility index (Phi) is 5.06. The average molecular weight is 399 g/mol. The topological polar surface area (TPSA) is 77.2 Å². The number of para-hydroxylation sites is 2. The standard InChI is InChI=1S/C24H21N3O3/c1-15-13-25-14-16(2)22(15)27-21(26-19-9-5-4-8-18(19)24(27)29)12-11-17-7-6-10-20(30-3)23(17)28/h4-14,28H,1-3H3. The van der Waals surface area contributed by atoms with Gasteiger partial charge in [-0.3, -0.25) is 14.3 Å². The van der Waals surface area contributed by atoms with Crippen molar-refractivity contribution in [1.82, 2.24) is 14.5 Å². The van der Waals surface area contributed by atoms with Gasteiger partial charge >= 0.3 is 0 Å². The first-order valence-electron chi connectivity index (χ1n) is 9.48. The van der Waals surface area contributed by atoms with Crippen LogP contribution in [0.3, 0.4) is 0 Å². The van der Waals surface area contributed by atoms with Crippen LogP contribution >= 0.6 is 0 Å². The molecule has 0 saturated carbocycles. The Morgan fingerprint density at radius 1 is 1.00 bits per heavy atom. The minimum Gasteiger partial charge on any atom is -0.504 e. The highest BCUT2D eigenvalue weighted by atomic mass is 16.5. The van der Waals surface area contributed by atoms with Crippen molar-refractivity contribution >= 4 is 23.1 Å². The van der Waals surface area contributed by atoms with Gasteiger partial charge in [0.05, 0.1) is 23.7 Å². The lowest BCUT2D eigenvalue weighted by Crippen LogP contribution is -2.24. The van der Waals surface area contributed by atoms with Crippen molar-refractivity contribution in [2.75, 3.05) is 7.11 Å². The third-order valence-electron chi connectivity index (χ3n) is 4.97. The highest BCUT2D eigenvalue weighted by Crippen LogP contribution is 2.30. The number of methoxy groups -OCH3 is 1. The maximum atomic E-state index is 13.4. The third kappa shape index (κ3) is 3.33. The molecule has 2 heterocycles. The molecule has 0 bridgehead atoms. The molecule has 0 unspecified atom stereocenters. The van der Waals surface area contributed by atoms with Crippen molar-refractivity contribution in [3.63, 3.8) is 0 Å². The van der Waals surface area contributed by atoms with Crippen LogP contribution in [-0.2, 0) is 0 Å². The van der Waals surface area contributed by atoms with Crippen LogP contribution in [0.1, 0.15) is 22.5 Å². The molecule has 6 heteroatoms. The van der Waals surface area contributed by atoms with Crippen LogP contribution in [0, 0.1) is 13.8 Å². The number of aromatic hydroxyl groups is 1. The number of pyridine rings is 1. The molecule has 30 heavy (non-hydrogen) atoms. The predicted octanol–water partition coefficient (Wildman–Crippen LogP) is 4.28. The molecule has 2 aromatic carbocycles. The van der Waals surface area contributed by atoms with E-state index < -0.39 is 0 Å². The Labute approximate surface area is 173 Å². The molecule has 0 amide bonds. The van der Waals surface area contributed by atoms with E-state index in [-0.39, 0.29) is 11.3 Å². The van der Waals surface area contributed by atoms with Crippen LogP contribution in [0.5, 0.6) is 11.5 Å². The highest BCUT2D eigenvalue weighted by Gasteiger charge is 2.15. The van der Waals surface area contributed by atoms with Crippen LogP contribution < -0.4 is 10.3 Å². The zero-order valence-electron chi connectivity index (χ0n) is 17.0. The largest absolute Gasteiger partial charge is 0.504 e. The summed E-state index contributed by atoms with van der Waals surface area (Å²) in [5, 5.41) is 10.9. The summed E-state index contributed by atoms with van der Waals surface area (Å²) < 4.78 is 6.78. The lowest BCUT2D eigenvalue weighted by molar-refractivity contribution is 0.373. The zero-order chi connectivity index (χ0) is 21.3. The number of hydrogen-bond donors (Lipinski definition) is 1. The van der Waals surface area contributed by atoms with Crippen molar-refractivity contribution in [3.05, 3.63) is 87.7 Å². The van der Waals surface area contributed by atoms with E-state index in [1.54, 1.807) is 53.4 Å². The number of phenols is 1. The molecular formula is C24H21N3O3. The minimum atomic E-state index is -0.160. The van der Waals surface area contributed by atoms with Gasteiger partial charge in [0.2, 0.25) is 0 Å². The summed E-state index contributed by atoms with van der Waals surface area (Å²) >= 11 is 0. The van der Waals surface area contributed by atoms with Gasteiger partial charge in [0, 0.05) is 18.0 Å². The predicted molar refractivity (Wildman–Crippen MR) is 118 cm³/mol. The molecule has 4 aromatic rings. The molecule has 0 aliphatic heterocycles. The second kappa shape index (κ2) is 7.83. The van der Waals surface area contributed by atoms with Crippen LogP contribution in [-0.4, -0.2) is 26.8 Å². The fraction of sp³-hybridized carbons (Fsp3) is 0.125. The molecule has 0 radical (unpaired) electrons. The Morgan fingerprint density at radius 3 is 2.47 bits per heavy atom. The van der Waals surface area contributed by atoms with E-state index in [0.29, 0.717) is 28.0 Å². The molecule has 6 nitrogen and oxygen atoms in total. The number of aromatic nitrogens is 3. The Hall–Kier alpha value is -3.93. The maximum Gasteiger partial charge on any atom is 0.266 e. The lowest BCUT2D eigenvalue weighted by atomic mass is 10.1. The number of fused-ring (bicyclic) bond motifs is 1. The second-order valence-corrected chi connectivity index (χ2v) is 6.98. The number of ether oxygens (including phenoxy) is 1. The van der Waals surface area contributed by atoms with E-state index in [1.165, 1.54) is 7.11 Å². The van der Waals surface area contributed by atoms with Gasteiger partial charge in [-0.15, -0.1) is 0 Å². The number of rotatable bonds is 4. The quantitative estimate of drug-likeness (QED) is 0.554. The van der Waals surface area contributed by atoms with Crippen molar-refractivity contribution in [2.45, 2.75) is 13.8 Å². The summed E-state index contributed by atoms with van der Waals surface area (Å²) in [6.45, 7) is 3.83. The molecule has 2 aromatic heterocycles. The molecule has 0 fully saturated rings. The van der Waals surface area contributed by atoms with E-state index in [0.717, 1.165) is 16.8 Å². The SMILES string of the molecule is COc1cccc(C=Cc2nc3ccccc3c(=O)n2-c2c(C)cncc2C)c1O. The van der Waals surface area contributed by atoms with Gasteiger partial charge in [-0.25, -0.2) is 4.98 Å². The first-order valence-corrected chi connectivity index (χ1v) is 9.48. The molecule has 0 aliphatic rings. The van der Waals surface area contributed by atoms with E-state index in [9.17, 15) is 9.90 Å². The number of nitrogens with zero attached hydrogens (tertiary/aromatic N) is 3. The monoisotopic (exact) mass is 399 g/mol. The van der Waals surface area contributed by atoms with Crippen LogP contribution in [0.2, 0.25) is 0 Å². The van der Waals surface area contributed by atoms with E-state index >= 15 is 0 Å². The van der Waals surface area contributed by atoms with E-state index in [1.807, 2.05) is 32.0 Å². The average Bonchev–Trinajstić information content (AvgIpc) is 2.74. The summed E-state index contributed by atoms with van der Waals surface area (Å²) in [5.74, 6) is 0.863. The van der Waals surface area contributed by atoms with Gasteiger partial charge < -0.3 is 9.84 Å².